The molecular weight excluding hydrogens is 493 g/mol. The number of hydrogen-bond donors (Lipinski definition) is 1. The molecule has 3 aromatic rings. The zero-order chi connectivity index (χ0) is 24.8. The van der Waals surface area contributed by atoms with Crippen molar-refractivity contribution >= 4 is 23.2 Å². The minimum absolute atomic E-state index is 0.117. The summed E-state index contributed by atoms with van der Waals surface area (Å²) in [6, 6.07) is 5.47. The van der Waals surface area contributed by atoms with E-state index in [0.717, 1.165) is 0 Å². The Labute approximate surface area is 183 Å². The van der Waals surface area contributed by atoms with Crippen LogP contribution >= 0.6 is 11.6 Å². The summed E-state index contributed by atoms with van der Waals surface area (Å²) in [4.78, 5) is 15.6. The Kier molecular flexibility index (Phi) is 6.13. The van der Waals surface area contributed by atoms with Gasteiger partial charge in [0.25, 0.3) is 5.56 Å². The Bertz CT molecular complexity index is 1230. The lowest BCUT2D eigenvalue weighted by Gasteiger charge is -2.19. The summed E-state index contributed by atoms with van der Waals surface area (Å²) < 4.78 is 119. The lowest BCUT2D eigenvalue weighted by Crippen LogP contribution is -2.26. The lowest BCUT2D eigenvalue weighted by atomic mass is 10.1. The van der Waals surface area contributed by atoms with Crippen LogP contribution in [0.15, 0.2) is 53.3 Å². The third kappa shape index (κ3) is 5.41. The van der Waals surface area contributed by atoms with Crippen LogP contribution in [-0.4, -0.2) is 9.55 Å². The molecule has 0 atom stereocenters. The second-order valence-electron chi connectivity index (χ2n) is 6.49. The van der Waals surface area contributed by atoms with E-state index in [9.17, 15) is 44.3 Å². The molecule has 0 spiro atoms. The topological polar surface area (TPSA) is 46.9 Å². The van der Waals surface area contributed by atoms with E-state index in [1.54, 1.807) is 0 Å². The zero-order valence-electron chi connectivity index (χ0n) is 15.7. The first kappa shape index (κ1) is 24.4. The van der Waals surface area contributed by atoms with Crippen molar-refractivity contribution in [2.24, 2.45) is 0 Å². The molecule has 176 valence electrons. The fraction of sp³-hybridized carbons (Fsp3) is 0.158. The van der Waals surface area contributed by atoms with Crippen molar-refractivity contribution < 1.29 is 39.5 Å². The molecule has 0 aliphatic heterocycles. The standard InChI is InChI=1S/C19H9ClF9N3O/c20-10-2-4-11(5-3-10)32-15(33)8-14(19(27,28)29)31-16(32)30-13-6-1-9(17(21,22)23)7-12(13)18(24,25)26/h1-8H,(H,30,31). The number of halogens is 10. The molecule has 2 aromatic carbocycles. The molecule has 0 unspecified atom stereocenters. The summed E-state index contributed by atoms with van der Waals surface area (Å²) in [5.74, 6) is -1.01. The van der Waals surface area contributed by atoms with Crippen LogP contribution in [0.4, 0.5) is 51.1 Å². The minimum atomic E-state index is -5.32. The van der Waals surface area contributed by atoms with Gasteiger partial charge in [0.1, 0.15) is 0 Å². The van der Waals surface area contributed by atoms with E-state index in [4.69, 9.17) is 11.6 Å². The van der Waals surface area contributed by atoms with Crippen LogP contribution in [0.3, 0.4) is 0 Å². The van der Waals surface area contributed by atoms with Crippen molar-refractivity contribution in [1.29, 1.82) is 0 Å². The molecule has 0 aliphatic carbocycles. The number of hydrogen-bond acceptors (Lipinski definition) is 3. The van der Waals surface area contributed by atoms with Crippen molar-refractivity contribution in [3.05, 3.63) is 80.7 Å². The van der Waals surface area contributed by atoms with Gasteiger partial charge in [-0.05, 0) is 42.5 Å². The molecule has 0 saturated heterocycles. The maximum atomic E-state index is 13.4. The molecule has 0 bridgehead atoms. The second-order valence-corrected chi connectivity index (χ2v) is 6.93. The fourth-order valence-corrected chi connectivity index (χ4v) is 2.86. The first-order valence-electron chi connectivity index (χ1n) is 8.60. The molecular formula is C19H9ClF9N3O. The van der Waals surface area contributed by atoms with Gasteiger partial charge in [0, 0.05) is 11.1 Å². The van der Waals surface area contributed by atoms with Gasteiger partial charge < -0.3 is 5.32 Å². The predicted molar refractivity (Wildman–Crippen MR) is 99.6 cm³/mol. The monoisotopic (exact) mass is 501 g/mol. The molecule has 14 heteroatoms. The molecule has 1 heterocycles. The van der Waals surface area contributed by atoms with Crippen LogP contribution in [-0.2, 0) is 18.5 Å². The molecule has 0 amide bonds. The van der Waals surface area contributed by atoms with Crippen LogP contribution in [0.25, 0.3) is 5.69 Å². The average Bonchev–Trinajstić information content (AvgIpc) is 2.66. The summed E-state index contributed by atoms with van der Waals surface area (Å²) in [5, 5.41) is 2.11. The summed E-state index contributed by atoms with van der Waals surface area (Å²) in [6.07, 6.45) is -15.6. The SMILES string of the molecule is O=c1cc(C(F)(F)F)nc(Nc2ccc(C(F)(F)F)cc2C(F)(F)F)n1-c1ccc(Cl)cc1. The van der Waals surface area contributed by atoms with Gasteiger partial charge in [-0.2, -0.15) is 39.5 Å². The Morgan fingerprint density at radius 3 is 1.91 bits per heavy atom. The van der Waals surface area contributed by atoms with E-state index in [-0.39, 0.29) is 22.8 Å². The lowest BCUT2D eigenvalue weighted by molar-refractivity contribution is -0.143. The van der Waals surface area contributed by atoms with Gasteiger partial charge in [-0.3, -0.25) is 4.79 Å². The van der Waals surface area contributed by atoms with Crippen LogP contribution in [0.5, 0.6) is 0 Å². The highest BCUT2D eigenvalue weighted by Crippen LogP contribution is 2.40. The quantitative estimate of drug-likeness (QED) is 0.407. The van der Waals surface area contributed by atoms with Crippen molar-refractivity contribution in [3.63, 3.8) is 0 Å². The van der Waals surface area contributed by atoms with E-state index >= 15 is 0 Å². The molecule has 1 aromatic heterocycles. The number of aromatic nitrogens is 2. The predicted octanol–water partition coefficient (Wildman–Crippen LogP) is 6.69. The number of alkyl halides is 9. The third-order valence-corrected chi connectivity index (χ3v) is 4.44. The van der Waals surface area contributed by atoms with Gasteiger partial charge in [0.05, 0.1) is 22.5 Å². The molecule has 33 heavy (non-hydrogen) atoms. The second kappa shape index (κ2) is 8.28. The third-order valence-electron chi connectivity index (χ3n) is 4.19. The number of benzene rings is 2. The summed E-state index contributed by atoms with van der Waals surface area (Å²) >= 11 is 5.73. The Morgan fingerprint density at radius 1 is 0.788 bits per heavy atom. The number of nitrogens with one attached hydrogen (secondary N) is 1. The normalized spacial score (nSPS) is 12.7. The van der Waals surface area contributed by atoms with Crippen LogP contribution in [0.2, 0.25) is 5.02 Å². The van der Waals surface area contributed by atoms with E-state index < -0.39 is 52.5 Å². The van der Waals surface area contributed by atoms with Crippen LogP contribution < -0.4 is 10.9 Å². The van der Waals surface area contributed by atoms with Gasteiger partial charge in [-0.25, -0.2) is 9.55 Å². The van der Waals surface area contributed by atoms with Crippen LogP contribution in [0.1, 0.15) is 16.8 Å². The van der Waals surface area contributed by atoms with E-state index in [1.165, 1.54) is 24.3 Å². The van der Waals surface area contributed by atoms with Crippen molar-refractivity contribution in [3.8, 4) is 5.69 Å². The van der Waals surface area contributed by atoms with Gasteiger partial charge in [0.15, 0.2) is 5.69 Å². The molecule has 0 saturated carbocycles. The van der Waals surface area contributed by atoms with Gasteiger partial charge in [0.2, 0.25) is 5.95 Å². The zero-order valence-corrected chi connectivity index (χ0v) is 16.5. The maximum absolute atomic E-state index is 13.4. The molecule has 4 nitrogen and oxygen atoms in total. The van der Waals surface area contributed by atoms with E-state index in [1.807, 2.05) is 5.32 Å². The van der Waals surface area contributed by atoms with Gasteiger partial charge >= 0.3 is 18.5 Å². The minimum Gasteiger partial charge on any atom is -0.325 e. The Balaban J connectivity index is 2.25. The highest BCUT2D eigenvalue weighted by molar-refractivity contribution is 6.30. The smallest absolute Gasteiger partial charge is 0.325 e. The van der Waals surface area contributed by atoms with Gasteiger partial charge in [-0.1, -0.05) is 11.6 Å². The first-order chi connectivity index (χ1) is 15.1. The number of anilines is 2. The number of rotatable bonds is 3. The molecule has 3 rings (SSSR count). The average molecular weight is 502 g/mol. The molecule has 0 radical (unpaired) electrons. The number of nitrogens with zero attached hydrogens (tertiary/aromatic N) is 2. The highest BCUT2D eigenvalue weighted by Gasteiger charge is 2.39. The maximum Gasteiger partial charge on any atom is 0.433 e. The first-order valence-corrected chi connectivity index (χ1v) is 8.98. The summed E-state index contributed by atoms with van der Waals surface area (Å²) in [6.45, 7) is 0. The largest absolute Gasteiger partial charge is 0.433 e. The highest BCUT2D eigenvalue weighted by atomic mass is 35.5. The van der Waals surface area contributed by atoms with E-state index in [0.29, 0.717) is 16.7 Å². The van der Waals surface area contributed by atoms with E-state index in [2.05, 4.69) is 4.98 Å². The van der Waals surface area contributed by atoms with Crippen molar-refractivity contribution in [1.82, 2.24) is 9.55 Å². The van der Waals surface area contributed by atoms with Crippen molar-refractivity contribution in [2.75, 3.05) is 5.32 Å². The van der Waals surface area contributed by atoms with Crippen molar-refractivity contribution in [2.45, 2.75) is 18.5 Å². The fourth-order valence-electron chi connectivity index (χ4n) is 2.74. The molecule has 0 fully saturated rings. The Morgan fingerprint density at radius 2 is 1.39 bits per heavy atom. The van der Waals surface area contributed by atoms with Gasteiger partial charge in [-0.15, -0.1) is 0 Å². The van der Waals surface area contributed by atoms with Crippen LogP contribution in [0, 0.1) is 0 Å². The molecule has 1 N–H and O–H groups in total. The summed E-state index contributed by atoms with van der Waals surface area (Å²) in [7, 11) is 0. The molecule has 0 aliphatic rings. The Hall–Kier alpha value is -3.22. The summed E-state index contributed by atoms with van der Waals surface area (Å²) in [5.41, 5.74) is -7.67.